The molecule has 134 valence electrons. The summed E-state index contributed by atoms with van der Waals surface area (Å²) in [5.41, 5.74) is 0.762. The molecule has 0 saturated carbocycles. The zero-order valence-corrected chi connectivity index (χ0v) is 15.2. The molecule has 0 aliphatic heterocycles. The maximum absolute atomic E-state index is 12.2. The number of ether oxygens (including phenoxy) is 1. The third kappa shape index (κ3) is 5.06. The number of rotatable bonds is 7. The fourth-order valence-corrected chi connectivity index (χ4v) is 2.63. The van der Waals surface area contributed by atoms with Crippen molar-refractivity contribution >= 4 is 23.5 Å². The van der Waals surface area contributed by atoms with Crippen LogP contribution < -0.4 is 0 Å². The Hall–Kier alpha value is -2.34. The summed E-state index contributed by atoms with van der Waals surface area (Å²) in [6, 6.07) is 7.33. The number of benzene rings is 1. The monoisotopic (exact) mass is 364 g/mol. The summed E-state index contributed by atoms with van der Waals surface area (Å²) < 4.78 is 10.3. The molecule has 0 saturated heterocycles. The molecule has 1 atom stereocenters. The highest BCUT2D eigenvalue weighted by atomic mass is 35.5. The lowest BCUT2D eigenvalue weighted by molar-refractivity contribution is -0.146. The summed E-state index contributed by atoms with van der Waals surface area (Å²) in [7, 11) is 2.99. The molecule has 0 bridgehead atoms. The molecule has 6 nitrogen and oxygen atoms in total. The van der Waals surface area contributed by atoms with Crippen LogP contribution in [0.5, 0.6) is 0 Å². The molecule has 2 aromatic rings. The van der Waals surface area contributed by atoms with Crippen LogP contribution in [0.25, 0.3) is 11.3 Å². The highest BCUT2D eigenvalue weighted by Gasteiger charge is 2.19. The molecule has 1 unspecified atom stereocenters. The lowest BCUT2D eigenvalue weighted by Gasteiger charge is -2.20. The number of carbonyl (C=O) groups is 2. The van der Waals surface area contributed by atoms with Gasteiger partial charge in [0.1, 0.15) is 0 Å². The minimum atomic E-state index is -0.368. The van der Waals surface area contributed by atoms with Gasteiger partial charge in [-0.1, -0.05) is 30.7 Å². The van der Waals surface area contributed by atoms with E-state index in [-0.39, 0.29) is 24.2 Å². The van der Waals surface area contributed by atoms with Gasteiger partial charge in [-0.25, -0.2) is 4.98 Å². The van der Waals surface area contributed by atoms with Crippen LogP contribution in [0.2, 0.25) is 5.02 Å². The van der Waals surface area contributed by atoms with Gasteiger partial charge in [-0.05, 0) is 12.1 Å². The van der Waals surface area contributed by atoms with Gasteiger partial charge in [0.2, 0.25) is 5.91 Å². The van der Waals surface area contributed by atoms with E-state index >= 15 is 0 Å². The first-order valence-electron chi connectivity index (χ1n) is 7.93. The van der Waals surface area contributed by atoms with Gasteiger partial charge in [0, 0.05) is 32.0 Å². The van der Waals surface area contributed by atoms with Crippen molar-refractivity contribution < 1.29 is 18.7 Å². The van der Waals surface area contributed by atoms with E-state index in [4.69, 9.17) is 16.0 Å². The number of hydrogen-bond donors (Lipinski definition) is 0. The molecule has 7 heteroatoms. The van der Waals surface area contributed by atoms with Crippen molar-refractivity contribution in [3.05, 3.63) is 41.4 Å². The smallest absolute Gasteiger partial charge is 0.310 e. The number of aryl methyl sites for hydroxylation is 1. The van der Waals surface area contributed by atoms with E-state index < -0.39 is 0 Å². The summed E-state index contributed by atoms with van der Waals surface area (Å²) >= 11 is 6.14. The van der Waals surface area contributed by atoms with E-state index in [1.165, 1.54) is 12.0 Å². The van der Waals surface area contributed by atoms with Gasteiger partial charge in [-0.3, -0.25) is 9.59 Å². The lowest BCUT2D eigenvalue weighted by atomic mass is 10.1. The van der Waals surface area contributed by atoms with Crippen LogP contribution in [-0.2, 0) is 20.7 Å². The Bertz CT molecular complexity index is 744. The minimum absolute atomic E-state index is 0.0896. The molecule has 1 amide bonds. The lowest BCUT2D eigenvalue weighted by Crippen LogP contribution is -2.34. The average molecular weight is 365 g/mol. The van der Waals surface area contributed by atoms with Crippen molar-refractivity contribution in [2.24, 2.45) is 5.92 Å². The van der Waals surface area contributed by atoms with Crippen molar-refractivity contribution in [2.75, 3.05) is 20.7 Å². The topological polar surface area (TPSA) is 72.6 Å². The van der Waals surface area contributed by atoms with Crippen LogP contribution in [-0.4, -0.2) is 42.5 Å². The summed E-state index contributed by atoms with van der Waals surface area (Å²) in [4.78, 5) is 29.3. The zero-order chi connectivity index (χ0) is 18.4. The summed E-state index contributed by atoms with van der Waals surface area (Å²) in [5.74, 6) is 0.246. The van der Waals surface area contributed by atoms with E-state index in [9.17, 15) is 9.59 Å². The molecule has 0 fully saturated rings. The summed E-state index contributed by atoms with van der Waals surface area (Å²) in [6.45, 7) is 2.03. The molecule has 2 rings (SSSR count). The largest absolute Gasteiger partial charge is 0.469 e. The predicted molar refractivity (Wildman–Crippen MR) is 94.1 cm³/mol. The number of amides is 1. The first-order valence-corrected chi connectivity index (χ1v) is 8.31. The van der Waals surface area contributed by atoms with Crippen molar-refractivity contribution in [1.29, 1.82) is 0 Å². The fraction of sp³-hybridized carbons (Fsp3) is 0.389. The number of nitrogens with zero attached hydrogens (tertiary/aromatic N) is 2. The SMILES string of the molecule is COC(=O)C(C)CN(C)C(=O)CCc1ncc(-c2ccccc2Cl)o1. The second kappa shape index (κ2) is 8.67. The second-order valence-corrected chi connectivity index (χ2v) is 6.20. The number of oxazole rings is 1. The van der Waals surface area contributed by atoms with Gasteiger partial charge >= 0.3 is 5.97 Å². The standard InChI is InChI=1S/C18H21ClN2O4/c1-12(18(23)24-3)11-21(2)17(22)9-8-16-20-10-15(25-16)13-6-4-5-7-14(13)19/h4-7,10,12H,8-9,11H2,1-3H3. The summed E-state index contributed by atoms with van der Waals surface area (Å²) in [6.07, 6.45) is 2.22. The van der Waals surface area contributed by atoms with Crippen LogP contribution in [0, 0.1) is 5.92 Å². The Morgan fingerprint density at radius 2 is 2.08 bits per heavy atom. The Morgan fingerprint density at radius 3 is 2.76 bits per heavy atom. The molecule has 1 aromatic heterocycles. The number of methoxy groups -OCH3 is 1. The van der Waals surface area contributed by atoms with Gasteiger partial charge in [0.25, 0.3) is 0 Å². The van der Waals surface area contributed by atoms with E-state index in [2.05, 4.69) is 9.72 Å². The van der Waals surface area contributed by atoms with E-state index in [1.54, 1.807) is 26.2 Å². The van der Waals surface area contributed by atoms with Gasteiger partial charge in [-0.15, -0.1) is 0 Å². The number of halogens is 1. The number of hydrogen-bond acceptors (Lipinski definition) is 5. The van der Waals surface area contributed by atoms with Crippen molar-refractivity contribution in [2.45, 2.75) is 19.8 Å². The molecular weight excluding hydrogens is 344 g/mol. The third-order valence-corrected chi connectivity index (χ3v) is 4.15. The predicted octanol–water partition coefficient (Wildman–Crippen LogP) is 3.20. The quantitative estimate of drug-likeness (QED) is 0.705. The van der Waals surface area contributed by atoms with E-state index in [0.29, 0.717) is 29.6 Å². The Labute approximate surface area is 151 Å². The number of aromatic nitrogens is 1. The molecule has 1 heterocycles. The zero-order valence-electron chi connectivity index (χ0n) is 14.5. The van der Waals surface area contributed by atoms with Crippen molar-refractivity contribution in [1.82, 2.24) is 9.88 Å². The number of carbonyl (C=O) groups excluding carboxylic acids is 2. The molecule has 0 N–H and O–H groups in total. The molecule has 0 aliphatic rings. The molecule has 0 radical (unpaired) electrons. The van der Waals surface area contributed by atoms with Gasteiger partial charge in [0.05, 0.1) is 24.2 Å². The summed E-state index contributed by atoms with van der Waals surface area (Å²) in [5, 5.41) is 0.581. The number of esters is 1. The first-order chi connectivity index (χ1) is 11.9. The highest BCUT2D eigenvalue weighted by molar-refractivity contribution is 6.33. The van der Waals surface area contributed by atoms with Gasteiger partial charge in [0.15, 0.2) is 11.7 Å². The van der Waals surface area contributed by atoms with Crippen molar-refractivity contribution in [3.63, 3.8) is 0 Å². The van der Waals surface area contributed by atoms with E-state index in [0.717, 1.165) is 5.56 Å². The maximum Gasteiger partial charge on any atom is 0.310 e. The third-order valence-electron chi connectivity index (χ3n) is 3.82. The molecule has 25 heavy (non-hydrogen) atoms. The van der Waals surface area contributed by atoms with Gasteiger partial charge < -0.3 is 14.1 Å². The van der Waals surface area contributed by atoms with E-state index in [1.807, 2.05) is 18.2 Å². The molecular formula is C18H21ClN2O4. The van der Waals surface area contributed by atoms with Crippen LogP contribution in [0.3, 0.4) is 0 Å². The van der Waals surface area contributed by atoms with Crippen LogP contribution >= 0.6 is 11.6 Å². The molecule has 1 aromatic carbocycles. The normalized spacial score (nSPS) is 11.8. The molecule has 0 spiro atoms. The minimum Gasteiger partial charge on any atom is -0.469 e. The van der Waals surface area contributed by atoms with Crippen molar-refractivity contribution in [3.8, 4) is 11.3 Å². The molecule has 0 aliphatic carbocycles. The second-order valence-electron chi connectivity index (χ2n) is 5.80. The fourth-order valence-electron chi connectivity index (χ4n) is 2.40. The van der Waals surface area contributed by atoms with Crippen LogP contribution in [0.1, 0.15) is 19.2 Å². The maximum atomic E-state index is 12.2. The van der Waals surface area contributed by atoms with Crippen LogP contribution in [0.4, 0.5) is 0 Å². The Balaban J connectivity index is 1.90. The van der Waals surface area contributed by atoms with Gasteiger partial charge in [-0.2, -0.15) is 0 Å². The highest BCUT2D eigenvalue weighted by Crippen LogP contribution is 2.28. The average Bonchev–Trinajstić information content (AvgIpc) is 3.07. The Morgan fingerprint density at radius 1 is 1.36 bits per heavy atom. The van der Waals surface area contributed by atoms with Crippen LogP contribution in [0.15, 0.2) is 34.9 Å². The Kier molecular flexibility index (Phi) is 6.58. The first kappa shape index (κ1) is 19.0.